The van der Waals surface area contributed by atoms with Gasteiger partial charge >= 0.3 is 0 Å². The number of imidazole rings is 1. The number of rotatable bonds is 1. The average Bonchev–Trinajstić information content (AvgIpc) is 2.95. The molecule has 0 spiro atoms. The topological polar surface area (TPSA) is 191 Å². The highest BCUT2D eigenvalue weighted by Gasteiger charge is 2.59. The van der Waals surface area contributed by atoms with E-state index in [-0.39, 0.29) is 17.0 Å². The van der Waals surface area contributed by atoms with E-state index in [2.05, 4.69) is 15.0 Å². The number of hydrogen-bond acceptors (Lipinski definition) is 10. The van der Waals surface area contributed by atoms with Gasteiger partial charge in [0.2, 0.25) is 5.72 Å². The van der Waals surface area contributed by atoms with Crippen LogP contribution in [0.5, 0.6) is 0 Å². The number of aliphatic hydroxyl groups is 6. The van der Waals surface area contributed by atoms with Crippen molar-refractivity contribution in [1.82, 2.24) is 19.5 Å². The molecule has 0 radical (unpaired) electrons. The van der Waals surface area contributed by atoms with Gasteiger partial charge in [-0.2, -0.15) is 0 Å². The van der Waals surface area contributed by atoms with Crippen LogP contribution in [-0.4, -0.2) is 80.7 Å². The molecule has 2 aromatic rings. The molecule has 3 rings (SSSR count). The van der Waals surface area contributed by atoms with Crippen molar-refractivity contribution in [2.24, 2.45) is 0 Å². The molecule has 11 nitrogen and oxygen atoms in total. The number of nitrogen functional groups attached to an aromatic ring is 1. The van der Waals surface area contributed by atoms with Gasteiger partial charge in [0.1, 0.15) is 42.4 Å². The molecular formula is C11H15N5O6. The van der Waals surface area contributed by atoms with Gasteiger partial charge in [0.25, 0.3) is 0 Å². The molecule has 11 heteroatoms. The molecule has 0 bridgehead atoms. The first kappa shape index (κ1) is 15.0. The first-order valence-electron chi connectivity index (χ1n) is 6.36. The second-order valence-electron chi connectivity index (χ2n) is 5.19. The van der Waals surface area contributed by atoms with E-state index in [1.54, 1.807) is 0 Å². The quantitative estimate of drug-likeness (QED) is 0.272. The molecule has 6 atom stereocenters. The number of nitrogens with zero attached hydrogens (tertiary/aromatic N) is 4. The first-order valence-corrected chi connectivity index (χ1v) is 6.36. The summed E-state index contributed by atoms with van der Waals surface area (Å²) in [7, 11) is 0. The molecule has 2 unspecified atom stereocenters. The van der Waals surface area contributed by atoms with Crippen LogP contribution < -0.4 is 5.73 Å². The van der Waals surface area contributed by atoms with Crippen molar-refractivity contribution < 1.29 is 30.6 Å². The number of aromatic nitrogens is 4. The Morgan fingerprint density at radius 1 is 0.955 bits per heavy atom. The molecule has 8 N–H and O–H groups in total. The van der Waals surface area contributed by atoms with Gasteiger partial charge in [-0.15, -0.1) is 0 Å². The van der Waals surface area contributed by atoms with Crippen molar-refractivity contribution in [3.05, 3.63) is 12.7 Å². The van der Waals surface area contributed by atoms with E-state index in [1.807, 2.05) is 0 Å². The predicted octanol–water partition coefficient (Wildman–Crippen LogP) is -4.13. The van der Waals surface area contributed by atoms with Crippen molar-refractivity contribution in [2.75, 3.05) is 5.73 Å². The minimum atomic E-state index is -2.58. The molecule has 1 fully saturated rings. The molecule has 2 aromatic heterocycles. The third kappa shape index (κ3) is 1.75. The van der Waals surface area contributed by atoms with Crippen LogP contribution >= 0.6 is 0 Å². The van der Waals surface area contributed by atoms with Crippen LogP contribution in [0.2, 0.25) is 0 Å². The van der Waals surface area contributed by atoms with Crippen molar-refractivity contribution in [3.8, 4) is 0 Å². The summed E-state index contributed by atoms with van der Waals surface area (Å²) in [6, 6.07) is 0. The molecule has 1 aliphatic rings. The summed E-state index contributed by atoms with van der Waals surface area (Å²) in [5, 5.41) is 60.0. The Hall–Kier alpha value is -1.89. The summed E-state index contributed by atoms with van der Waals surface area (Å²) in [4.78, 5) is 11.5. The lowest BCUT2D eigenvalue weighted by Gasteiger charge is -2.47. The molecule has 2 heterocycles. The molecule has 0 amide bonds. The fourth-order valence-electron chi connectivity index (χ4n) is 2.65. The summed E-state index contributed by atoms with van der Waals surface area (Å²) in [6.07, 6.45) is -7.56. The van der Waals surface area contributed by atoms with Crippen molar-refractivity contribution in [3.63, 3.8) is 0 Å². The predicted molar refractivity (Wildman–Crippen MR) is 70.0 cm³/mol. The highest BCUT2D eigenvalue weighted by atomic mass is 16.4. The van der Waals surface area contributed by atoms with E-state index in [0.29, 0.717) is 0 Å². The van der Waals surface area contributed by atoms with Crippen molar-refractivity contribution >= 4 is 17.0 Å². The van der Waals surface area contributed by atoms with Crippen LogP contribution in [-0.2, 0) is 5.72 Å². The molecule has 22 heavy (non-hydrogen) atoms. The van der Waals surface area contributed by atoms with Crippen LogP contribution in [0.25, 0.3) is 11.2 Å². The lowest BCUT2D eigenvalue weighted by molar-refractivity contribution is -0.299. The fraction of sp³-hybridized carbons (Fsp3) is 0.545. The Bertz CT molecular complexity index is 691. The standard InChI is InChI=1S/C11H15N5O6/c12-9-3-10(14-1-13-9)16(2-15-3)11(22)7(20)5(18)4(17)6(19)8(11)21/h1-2,4-8,17-22H,(H2,12,13,14)/t4?,5-,6+,7-,8-,11?/m1/s1. The van der Waals surface area contributed by atoms with E-state index >= 15 is 0 Å². The van der Waals surface area contributed by atoms with E-state index < -0.39 is 36.2 Å². The lowest BCUT2D eigenvalue weighted by Crippen LogP contribution is -2.71. The monoisotopic (exact) mass is 313 g/mol. The highest BCUT2D eigenvalue weighted by molar-refractivity contribution is 5.81. The molecule has 1 aliphatic carbocycles. The zero-order chi connectivity index (χ0) is 16.2. The zero-order valence-electron chi connectivity index (χ0n) is 11.1. The van der Waals surface area contributed by atoms with E-state index in [9.17, 15) is 30.6 Å². The molecule has 0 aromatic carbocycles. The Morgan fingerprint density at radius 2 is 1.55 bits per heavy atom. The Kier molecular flexibility index (Phi) is 3.28. The maximum absolute atomic E-state index is 10.7. The largest absolute Gasteiger partial charge is 0.387 e. The van der Waals surface area contributed by atoms with E-state index in [4.69, 9.17) is 5.73 Å². The molecule has 1 saturated carbocycles. The van der Waals surface area contributed by atoms with Gasteiger partial charge in [0.05, 0.1) is 6.33 Å². The first-order chi connectivity index (χ1) is 10.3. The maximum atomic E-state index is 10.7. The van der Waals surface area contributed by atoms with Gasteiger partial charge in [-0.25, -0.2) is 15.0 Å². The van der Waals surface area contributed by atoms with E-state index in [0.717, 1.165) is 17.2 Å². The third-order valence-corrected chi connectivity index (χ3v) is 3.97. The maximum Gasteiger partial charge on any atom is 0.202 e. The van der Waals surface area contributed by atoms with Crippen LogP contribution in [0, 0.1) is 0 Å². The minimum absolute atomic E-state index is 0.00766. The minimum Gasteiger partial charge on any atom is -0.387 e. The average molecular weight is 313 g/mol. The summed E-state index contributed by atoms with van der Waals surface area (Å²) >= 11 is 0. The third-order valence-electron chi connectivity index (χ3n) is 3.97. The number of hydrogen-bond donors (Lipinski definition) is 7. The van der Waals surface area contributed by atoms with Crippen LogP contribution in [0.1, 0.15) is 0 Å². The second kappa shape index (κ2) is 4.81. The summed E-state index contributed by atoms with van der Waals surface area (Å²) < 4.78 is 0.869. The Labute approximate surface area is 122 Å². The van der Waals surface area contributed by atoms with Gasteiger partial charge in [-0.1, -0.05) is 0 Å². The molecular weight excluding hydrogens is 298 g/mol. The number of anilines is 1. The second-order valence-corrected chi connectivity index (χ2v) is 5.19. The SMILES string of the molecule is Nc1ncnc2c1ncn2C1(O)[C@H](O)[C@H](O)C(O)[C@H](O)[C@H]1O. The van der Waals surface area contributed by atoms with Gasteiger partial charge < -0.3 is 36.4 Å². The summed E-state index contributed by atoms with van der Waals surface area (Å²) in [6.45, 7) is 0. The van der Waals surface area contributed by atoms with Crippen molar-refractivity contribution in [1.29, 1.82) is 0 Å². The number of aliphatic hydroxyl groups excluding tert-OH is 5. The van der Waals surface area contributed by atoms with Gasteiger partial charge in [-0.05, 0) is 0 Å². The molecule has 0 saturated heterocycles. The zero-order valence-corrected chi connectivity index (χ0v) is 11.1. The Morgan fingerprint density at radius 3 is 2.14 bits per heavy atom. The highest BCUT2D eigenvalue weighted by Crippen LogP contribution is 2.36. The van der Waals surface area contributed by atoms with E-state index in [1.165, 1.54) is 0 Å². The number of fused-ring (bicyclic) bond motifs is 1. The summed E-state index contributed by atoms with van der Waals surface area (Å²) in [5.74, 6) is 0.00766. The lowest BCUT2D eigenvalue weighted by atomic mass is 9.80. The Balaban J connectivity index is 2.20. The van der Waals surface area contributed by atoms with Crippen molar-refractivity contribution in [2.45, 2.75) is 36.2 Å². The normalized spacial score (nSPS) is 39.3. The fourth-order valence-corrected chi connectivity index (χ4v) is 2.65. The van der Waals surface area contributed by atoms with Crippen LogP contribution in [0.4, 0.5) is 5.82 Å². The van der Waals surface area contributed by atoms with Gasteiger partial charge in [0.15, 0.2) is 11.5 Å². The molecule has 0 aliphatic heterocycles. The van der Waals surface area contributed by atoms with Crippen LogP contribution in [0.3, 0.4) is 0 Å². The smallest absolute Gasteiger partial charge is 0.202 e. The molecule has 120 valence electrons. The summed E-state index contributed by atoms with van der Waals surface area (Å²) in [5.41, 5.74) is 3.12. The van der Waals surface area contributed by atoms with Crippen LogP contribution in [0.15, 0.2) is 12.7 Å². The van der Waals surface area contributed by atoms with Gasteiger partial charge in [-0.3, -0.25) is 4.57 Å². The van der Waals surface area contributed by atoms with Gasteiger partial charge in [0, 0.05) is 0 Å². The number of nitrogens with two attached hydrogens (primary N) is 1.